The zero-order valence-electron chi connectivity index (χ0n) is 12.2. The maximum Gasteiger partial charge on any atom is 0.335 e. The Hall–Kier alpha value is -2.66. The number of pyridine rings is 1. The number of aryl methyl sites for hydroxylation is 2. The van der Waals surface area contributed by atoms with E-state index in [-0.39, 0.29) is 5.56 Å². The smallest absolute Gasteiger partial charge is 0.335 e. The van der Waals surface area contributed by atoms with Gasteiger partial charge in [-0.3, -0.25) is 4.98 Å². The molecule has 0 spiro atoms. The fraction of sp³-hybridized carbons (Fsp3) is 0.118. The van der Waals surface area contributed by atoms with Gasteiger partial charge in [0.1, 0.15) is 5.69 Å². The normalized spacial score (nSPS) is 10.7. The minimum atomic E-state index is -0.979. The molecule has 1 aromatic carbocycles. The van der Waals surface area contributed by atoms with Crippen LogP contribution in [0.3, 0.4) is 0 Å². The largest absolute Gasteiger partial charge is 0.478 e. The summed E-state index contributed by atoms with van der Waals surface area (Å²) in [5.74, 6) is -0.324. The molecule has 0 atom stereocenters. The van der Waals surface area contributed by atoms with Crippen molar-refractivity contribution in [1.82, 2.24) is 14.5 Å². The van der Waals surface area contributed by atoms with Crippen LogP contribution in [0.15, 0.2) is 55.0 Å². The molecule has 116 valence electrons. The lowest BCUT2D eigenvalue weighted by Gasteiger charge is -2.08. The molecule has 0 fully saturated rings. The molecule has 0 saturated carbocycles. The molecule has 2 heterocycles. The number of rotatable bonds is 5. The number of hydrogen-bond acceptors (Lipinski definition) is 3. The zero-order chi connectivity index (χ0) is 16.2. The Labute approximate surface area is 138 Å². The van der Waals surface area contributed by atoms with Crippen LogP contribution in [-0.2, 0) is 13.0 Å². The van der Waals surface area contributed by atoms with E-state index >= 15 is 0 Å². The summed E-state index contributed by atoms with van der Waals surface area (Å²) in [5.41, 5.74) is 1.91. The van der Waals surface area contributed by atoms with Gasteiger partial charge < -0.3 is 9.67 Å². The van der Waals surface area contributed by atoms with E-state index in [4.69, 9.17) is 16.7 Å². The average Bonchev–Trinajstić information content (AvgIpc) is 3.03. The number of halogens is 1. The number of aromatic nitrogens is 3. The number of carboxylic acids is 1. The first-order valence-corrected chi connectivity index (χ1v) is 7.46. The number of carbonyl (C=O) groups is 1. The standard InChI is InChI=1S/C17H14ClN3O2/c18-14-3-1-12(2-4-14)6-9-21-10-8-20-16(21)15-11-13(17(22)23)5-7-19-15/h1-5,7-8,10-11H,6,9H2,(H,22,23). The lowest BCUT2D eigenvalue weighted by atomic mass is 10.1. The summed E-state index contributed by atoms with van der Waals surface area (Å²) in [6, 6.07) is 10.7. The molecule has 3 rings (SSSR count). The summed E-state index contributed by atoms with van der Waals surface area (Å²) in [7, 11) is 0. The molecule has 0 bridgehead atoms. The van der Waals surface area contributed by atoms with Crippen molar-refractivity contribution in [3.8, 4) is 11.5 Å². The summed E-state index contributed by atoms with van der Waals surface area (Å²) in [6.07, 6.45) is 5.85. The Morgan fingerprint density at radius 3 is 2.65 bits per heavy atom. The Kier molecular flexibility index (Phi) is 4.39. The van der Waals surface area contributed by atoms with Gasteiger partial charge in [-0.1, -0.05) is 23.7 Å². The predicted octanol–water partition coefficient (Wildman–Crippen LogP) is 3.54. The zero-order valence-corrected chi connectivity index (χ0v) is 12.9. The van der Waals surface area contributed by atoms with Gasteiger partial charge in [-0.05, 0) is 36.2 Å². The van der Waals surface area contributed by atoms with Gasteiger partial charge in [-0.2, -0.15) is 0 Å². The molecular weight excluding hydrogens is 314 g/mol. The molecule has 0 aliphatic heterocycles. The summed E-state index contributed by atoms with van der Waals surface area (Å²) in [5, 5.41) is 9.80. The van der Waals surface area contributed by atoms with E-state index in [0.29, 0.717) is 16.5 Å². The van der Waals surface area contributed by atoms with Crippen molar-refractivity contribution >= 4 is 17.6 Å². The second-order valence-electron chi connectivity index (χ2n) is 5.06. The van der Waals surface area contributed by atoms with E-state index in [1.54, 1.807) is 6.20 Å². The average molecular weight is 328 g/mol. The molecule has 2 aromatic heterocycles. The first-order valence-electron chi connectivity index (χ1n) is 7.09. The van der Waals surface area contributed by atoms with E-state index < -0.39 is 5.97 Å². The highest BCUT2D eigenvalue weighted by atomic mass is 35.5. The molecule has 0 amide bonds. The second-order valence-corrected chi connectivity index (χ2v) is 5.49. The van der Waals surface area contributed by atoms with Gasteiger partial charge in [0.15, 0.2) is 5.82 Å². The van der Waals surface area contributed by atoms with E-state index in [9.17, 15) is 4.79 Å². The van der Waals surface area contributed by atoms with Gasteiger partial charge in [0, 0.05) is 30.2 Å². The SMILES string of the molecule is O=C(O)c1ccnc(-c2nccn2CCc2ccc(Cl)cc2)c1. The van der Waals surface area contributed by atoms with Crippen LogP contribution in [0, 0.1) is 0 Å². The quantitative estimate of drug-likeness (QED) is 0.778. The third-order valence-electron chi connectivity index (χ3n) is 3.51. The number of benzene rings is 1. The van der Waals surface area contributed by atoms with Crippen LogP contribution in [0.4, 0.5) is 0 Å². The second kappa shape index (κ2) is 6.62. The highest BCUT2D eigenvalue weighted by Crippen LogP contribution is 2.17. The number of nitrogens with zero attached hydrogens (tertiary/aromatic N) is 3. The van der Waals surface area contributed by atoms with Crippen molar-refractivity contribution in [2.24, 2.45) is 0 Å². The van der Waals surface area contributed by atoms with E-state index in [2.05, 4.69) is 9.97 Å². The molecule has 0 aliphatic carbocycles. The minimum absolute atomic E-state index is 0.197. The highest BCUT2D eigenvalue weighted by molar-refractivity contribution is 6.30. The predicted molar refractivity (Wildman–Crippen MR) is 87.6 cm³/mol. The molecular formula is C17H14ClN3O2. The van der Waals surface area contributed by atoms with E-state index in [1.165, 1.54) is 23.9 Å². The summed E-state index contributed by atoms with van der Waals surface area (Å²) in [6.45, 7) is 0.718. The molecule has 5 nitrogen and oxygen atoms in total. The molecule has 6 heteroatoms. The number of carboxylic acid groups (broad SMARTS) is 1. The summed E-state index contributed by atoms with van der Waals surface area (Å²) < 4.78 is 1.96. The van der Waals surface area contributed by atoms with Gasteiger partial charge in [-0.15, -0.1) is 0 Å². The first kappa shape index (κ1) is 15.2. The fourth-order valence-electron chi connectivity index (χ4n) is 2.31. The third-order valence-corrected chi connectivity index (χ3v) is 3.76. The fourth-order valence-corrected chi connectivity index (χ4v) is 2.44. The Balaban J connectivity index is 1.80. The van der Waals surface area contributed by atoms with Crippen LogP contribution in [0.5, 0.6) is 0 Å². The van der Waals surface area contributed by atoms with Crippen molar-refractivity contribution in [2.45, 2.75) is 13.0 Å². The van der Waals surface area contributed by atoms with E-state index in [0.717, 1.165) is 13.0 Å². The van der Waals surface area contributed by atoms with Crippen molar-refractivity contribution < 1.29 is 9.90 Å². The van der Waals surface area contributed by atoms with Gasteiger partial charge in [0.2, 0.25) is 0 Å². The third kappa shape index (κ3) is 3.57. The van der Waals surface area contributed by atoms with Crippen LogP contribution in [0.1, 0.15) is 15.9 Å². The van der Waals surface area contributed by atoms with Crippen LogP contribution < -0.4 is 0 Å². The lowest BCUT2D eigenvalue weighted by molar-refractivity contribution is 0.0697. The number of hydrogen-bond donors (Lipinski definition) is 1. The molecule has 0 saturated heterocycles. The molecule has 23 heavy (non-hydrogen) atoms. The maximum atomic E-state index is 11.1. The van der Waals surface area contributed by atoms with Crippen LogP contribution in [0.25, 0.3) is 11.5 Å². The highest BCUT2D eigenvalue weighted by Gasteiger charge is 2.10. The molecule has 0 unspecified atom stereocenters. The first-order chi connectivity index (χ1) is 11.1. The van der Waals surface area contributed by atoms with Gasteiger partial charge in [0.25, 0.3) is 0 Å². The number of imidazole rings is 1. The van der Waals surface area contributed by atoms with Gasteiger partial charge in [0.05, 0.1) is 5.56 Å². The monoisotopic (exact) mass is 327 g/mol. The molecule has 0 radical (unpaired) electrons. The molecule has 3 aromatic rings. The van der Waals surface area contributed by atoms with Crippen molar-refractivity contribution in [2.75, 3.05) is 0 Å². The van der Waals surface area contributed by atoms with Crippen molar-refractivity contribution in [3.05, 3.63) is 71.1 Å². The van der Waals surface area contributed by atoms with Gasteiger partial charge in [-0.25, -0.2) is 9.78 Å². The molecule has 1 N–H and O–H groups in total. The Bertz CT molecular complexity index is 828. The van der Waals surface area contributed by atoms with Gasteiger partial charge >= 0.3 is 5.97 Å². The Morgan fingerprint density at radius 2 is 1.91 bits per heavy atom. The van der Waals surface area contributed by atoms with Crippen molar-refractivity contribution in [3.63, 3.8) is 0 Å². The van der Waals surface area contributed by atoms with E-state index in [1.807, 2.05) is 35.0 Å². The lowest BCUT2D eigenvalue weighted by Crippen LogP contribution is -2.04. The molecule has 0 aliphatic rings. The van der Waals surface area contributed by atoms with Crippen LogP contribution >= 0.6 is 11.6 Å². The minimum Gasteiger partial charge on any atom is -0.478 e. The summed E-state index contributed by atoms with van der Waals surface area (Å²) in [4.78, 5) is 19.6. The maximum absolute atomic E-state index is 11.1. The number of aromatic carboxylic acids is 1. The summed E-state index contributed by atoms with van der Waals surface area (Å²) >= 11 is 5.89. The van der Waals surface area contributed by atoms with Crippen LogP contribution in [-0.4, -0.2) is 25.6 Å². The topological polar surface area (TPSA) is 68.0 Å². The van der Waals surface area contributed by atoms with Crippen molar-refractivity contribution in [1.29, 1.82) is 0 Å². The van der Waals surface area contributed by atoms with Crippen LogP contribution in [0.2, 0.25) is 5.02 Å². The Morgan fingerprint density at radius 1 is 1.13 bits per heavy atom.